The van der Waals surface area contributed by atoms with Gasteiger partial charge in [0.1, 0.15) is 0 Å². The van der Waals surface area contributed by atoms with Gasteiger partial charge in [0.15, 0.2) is 0 Å². The maximum Gasteiger partial charge on any atom is 0.255 e. The van der Waals surface area contributed by atoms with Gasteiger partial charge in [0.05, 0.1) is 16.6 Å². The third kappa shape index (κ3) is 4.95. The summed E-state index contributed by atoms with van der Waals surface area (Å²) in [4.78, 5) is 34.0. The maximum absolute atomic E-state index is 13.3. The van der Waals surface area contributed by atoms with Crippen molar-refractivity contribution >= 4 is 34.8 Å². The minimum atomic E-state index is -0.0684. The Morgan fingerprint density at radius 3 is 2.56 bits per heavy atom. The molecule has 1 aromatic heterocycles. The van der Waals surface area contributed by atoms with Crippen LogP contribution in [-0.2, 0) is 11.2 Å². The third-order valence-corrected chi connectivity index (χ3v) is 8.83. The predicted molar refractivity (Wildman–Crippen MR) is 146 cm³/mol. The molecule has 188 valence electrons. The molecule has 0 aliphatic carbocycles. The number of hydrogen-bond donors (Lipinski definition) is 0. The van der Waals surface area contributed by atoms with Crippen LogP contribution in [0.3, 0.4) is 0 Å². The molecule has 5 rings (SSSR count). The van der Waals surface area contributed by atoms with E-state index in [2.05, 4.69) is 47.5 Å². The van der Waals surface area contributed by atoms with E-state index in [1.54, 1.807) is 12.1 Å². The molecule has 36 heavy (non-hydrogen) atoms. The molecule has 0 bridgehead atoms. The van der Waals surface area contributed by atoms with E-state index in [4.69, 9.17) is 11.6 Å². The fourth-order valence-electron chi connectivity index (χ4n) is 5.54. The number of rotatable bonds is 5. The highest BCUT2D eigenvalue weighted by atomic mass is 35.5. The van der Waals surface area contributed by atoms with Gasteiger partial charge in [0.2, 0.25) is 5.91 Å². The van der Waals surface area contributed by atoms with Crippen LogP contribution in [0.15, 0.2) is 60.0 Å². The lowest BCUT2D eigenvalue weighted by atomic mass is 9.90. The highest BCUT2D eigenvalue weighted by molar-refractivity contribution is 7.10. The quantitative estimate of drug-likeness (QED) is 0.450. The van der Waals surface area contributed by atoms with Crippen molar-refractivity contribution in [1.29, 1.82) is 0 Å². The third-order valence-electron chi connectivity index (χ3n) is 7.51. The van der Waals surface area contributed by atoms with Gasteiger partial charge in [-0.05, 0) is 60.5 Å². The number of aryl methyl sites for hydroxylation is 1. The molecule has 7 heteroatoms. The molecule has 2 atom stereocenters. The van der Waals surface area contributed by atoms with Crippen molar-refractivity contribution in [1.82, 2.24) is 14.7 Å². The van der Waals surface area contributed by atoms with E-state index in [9.17, 15) is 9.59 Å². The number of nitrogens with zero attached hydrogens (tertiary/aromatic N) is 3. The average molecular weight is 522 g/mol. The Morgan fingerprint density at radius 1 is 1.00 bits per heavy atom. The Balaban J connectivity index is 1.23. The molecule has 1 fully saturated rings. The lowest BCUT2D eigenvalue weighted by molar-refractivity contribution is -0.134. The average Bonchev–Trinajstić information content (AvgIpc) is 3.36. The Hall–Kier alpha value is -2.67. The first kappa shape index (κ1) is 25.0. The number of benzene rings is 2. The van der Waals surface area contributed by atoms with Crippen LogP contribution in [0.4, 0.5) is 0 Å². The number of hydrogen-bond acceptors (Lipinski definition) is 4. The highest BCUT2D eigenvalue weighted by Crippen LogP contribution is 2.39. The fraction of sp³-hybridized carbons (Fsp3) is 0.379. The zero-order valence-electron chi connectivity index (χ0n) is 20.8. The molecular weight excluding hydrogens is 490 g/mol. The molecule has 3 heterocycles. The second-order valence-electron chi connectivity index (χ2n) is 9.76. The van der Waals surface area contributed by atoms with Crippen molar-refractivity contribution in [2.24, 2.45) is 0 Å². The number of halogens is 1. The van der Waals surface area contributed by atoms with Crippen LogP contribution in [0.25, 0.3) is 0 Å². The molecule has 0 saturated carbocycles. The summed E-state index contributed by atoms with van der Waals surface area (Å²) in [7, 11) is 0. The van der Waals surface area contributed by atoms with Crippen LogP contribution in [-0.4, -0.2) is 65.3 Å². The smallest absolute Gasteiger partial charge is 0.255 e. The van der Waals surface area contributed by atoms with Gasteiger partial charge in [-0.25, -0.2) is 0 Å². The molecule has 2 aliphatic rings. The molecule has 2 unspecified atom stereocenters. The monoisotopic (exact) mass is 521 g/mol. The summed E-state index contributed by atoms with van der Waals surface area (Å²) in [6, 6.07) is 18.1. The van der Waals surface area contributed by atoms with E-state index in [0.717, 1.165) is 19.5 Å². The fourth-order valence-corrected chi connectivity index (χ4v) is 6.66. The van der Waals surface area contributed by atoms with Gasteiger partial charge in [-0.3, -0.25) is 14.5 Å². The Morgan fingerprint density at radius 2 is 1.78 bits per heavy atom. The largest absolute Gasteiger partial charge is 0.339 e. The standard InChI is InChI=1S/C29H32ClN3O2S/c1-20-7-3-4-8-22(20)28-24-13-18-36-26(24)11-14-31(28)15-12-27(34)32-16-17-33(21(2)19-32)29(35)23-9-5-6-10-25(23)30/h3-10,13,18,21,28H,11-12,14-17,19H2,1-2H3. The lowest BCUT2D eigenvalue weighted by Crippen LogP contribution is -2.55. The summed E-state index contributed by atoms with van der Waals surface area (Å²) >= 11 is 8.09. The van der Waals surface area contributed by atoms with Gasteiger partial charge < -0.3 is 9.80 Å². The first-order valence-corrected chi connectivity index (χ1v) is 13.9. The summed E-state index contributed by atoms with van der Waals surface area (Å²) < 4.78 is 0. The summed E-state index contributed by atoms with van der Waals surface area (Å²) in [5.41, 5.74) is 4.51. The summed E-state index contributed by atoms with van der Waals surface area (Å²) in [6.07, 6.45) is 1.51. The van der Waals surface area contributed by atoms with Gasteiger partial charge in [0, 0.05) is 50.1 Å². The van der Waals surface area contributed by atoms with E-state index >= 15 is 0 Å². The van der Waals surface area contributed by atoms with Crippen molar-refractivity contribution in [3.63, 3.8) is 0 Å². The van der Waals surface area contributed by atoms with E-state index < -0.39 is 0 Å². The molecule has 2 amide bonds. The first-order valence-electron chi connectivity index (χ1n) is 12.6. The van der Waals surface area contributed by atoms with Gasteiger partial charge in [0.25, 0.3) is 5.91 Å². The van der Waals surface area contributed by atoms with Crippen LogP contribution >= 0.6 is 22.9 Å². The molecule has 2 aromatic carbocycles. The Labute approximate surface area is 222 Å². The van der Waals surface area contributed by atoms with Crippen LogP contribution in [0.1, 0.15) is 51.3 Å². The Kier molecular flexibility index (Phi) is 7.47. The van der Waals surface area contributed by atoms with Crippen molar-refractivity contribution in [2.45, 2.75) is 38.8 Å². The van der Waals surface area contributed by atoms with Crippen LogP contribution in [0, 0.1) is 6.92 Å². The molecule has 0 spiro atoms. The van der Waals surface area contributed by atoms with Crippen LogP contribution < -0.4 is 0 Å². The number of amides is 2. The number of fused-ring (bicyclic) bond motifs is 1. The SMILES string of the molecule is Cc1ccccc1C1c2ccsc2CCN1CCC(=O)N1CCN(C(=O)c2ccccc2Cl)C(C)C1. The molecule has 5 nitrogen and oxygen atoms in total. The predicted octanol–water partition coefficient (Wildman–Crippen LogP) is 5.42. The highest BCUT2D eigenvalue weighted by Gasteiger charge is 2.33. The van der Waals surface area contributed by atoms with Crippen LogP contribution in [0.2, 0.25) is 5.02 Å². The van der Waals surface area contributed by atoms with Gasteiger partial charge in [-0.1, -0.05) is 48.0 Å². The van der Waals surface area contributed by atoms with Crippen molar-refractivity contribution in [2.75, 3.05) is 32.7 Å². The summed E-state index contributed by atoms with van der Waals surface area (Å²) in [5, 5.41) is 2.65. The normalized spacial score (nSPS) is 20.3. The molecule has 0 N–H and O–H groups in total. The van der Waals surface area contributed by atoms with Crippen molar-refractivity contribution in [3.8, 4) is 0 Å². The van der Waals surface area contributed by atoms with E-state index in [1.807, 2.05) is 40.2 Å². The topological polar surface area (TPSA) is 43.9 Å². The van der Waals surface area contributed by atoms with Crippen LogP contribution in [0.5, 0.6) is 0 Å². The maximum atomic E-state index is 13.3. The second-order valence-corrected chi connectivity index (χ2v) is 11.2. The minimum Gasteiger partial charge on any atom is -0.339 e. The second kappa shape index (κ2) is 10.8. The van der Waals surface area contributed by atoms with Gasteiger partial charge in [-0.15, -0.1) is 11.3 Å². The van der Waals surface area contributed by atoms with Gasteiger partial charge in [-0.2, -0.15) is 0 Å². The number of carbonyl (C=O) groups excluding carboxylic acids is 2. The Bertz CT molecular complexity index is 1260. The lowest BCUT2D eigenvalue weighted by Gasteiger charge is -2.41. The van der Waals surface area contributed by atoms with Gasteiger partial charge >= 0.3 is 0 Å². The minimum absolute atomic E-state index is 0.0606. The first-order chi connectivity index (χ1) is 17.4. The molecule has 0 radical (unpaired) electrons. The van der Waals surface area contributed by atoms with E-state index in [0.29, 0.717) is 36.6 Å². The van der Waals surface area contributed by atoms with E-state index in [1.165, 1.54) is 21.6 Å². The van der Waals surface area contributed by atoms with Crippen molar-refractivity contribution < 1.29 is 9.59 Å². The zero-order valence-corrected chi connectivity index (χ0v) is 22.4. The molecular formula is C29H32ClN3O2S. The summed E-state index contributed by atoms with van der Waals surface area (Å²) in [6.45, 7) is 7.47. The molecule has 1 saturated heterocycles. The number of thiophene rings is 1. The molecule has 2 aliphatic heterocycles. The zero-order chi connectivity index (χ0) is 25.2. The number of carbonyl (C=O) groups is 2. The van der Waals surface area contributed by atoms with Crippen molar-refractivity contribution in [3.05, 3.63) is 92.1 Å². The molecule has 3 aromatic rings. The number of piperazine rings is 1. The summed E-state index contributed by atoms with van der Waals surface area (Å²) in [5.74, 6) is 0.0903. The van der Waals surface area contributed by atoms with E-state index in [-0.39, 0.29) is 23.9 Å².